The van der Waals surface area contributed by atoms with E-state index in [1.165, 1.54) is 17.9 Å². The molecule has 0 aliphatic heterocycles. The van der Waals surface area contributed by atoms with Crippen LogP contribution in [0, 0.1) is 6.92 Å². The Kier molecular flexibility index (Phi) is 5.95. The van der Waals surface area contributed by atoms with Gasteiger partial charge in [0.05, 0.1) is 36.3 Å². The summed E-state index contributed by atoms with van der Waals surface area (Å²) in [6, 6.07) is 9.87. The van der Waals surface area contributed by atoms with Gasteiger partial charge in [-0.3, -0.25) is 4.79 Å². The lowest BCUT2D eigenvalue weighted by Gasteiger charge is -2.14. The fourth-order valence-electron chi connectivity index (χ4n) is 2.79. The number of hydrogen-bond donors (Lipinski definition) is 1. The average Bonchev–Trinajstić information content (AvgIpc) is 3.10. The molecule has 0 atom stereocenters. The number of hydrogen-bond acceptors (Lipinski definition) is 5. The van der Waals surface area contributed by atoms with E-state index in [4.69, 9.17) is 9.47 Å². The second kappa shape index (κ2) is 8.44. The fourth-order valence-corrected chi connectivity index (χ4v) is 2.79. The van der Waals surface area contributed by atoms with Crippen molar-refractivity contribution in [2.45, 2.75) is 20.0 Å². The van der Waals surface area contributed by atoms with Crippen LogP contribution in [-0.4, -0.2) is 34.6 Å². The number of carbonyl (C=O) groups excluding carboxylic acids is 1. The third-order valence-corrected chi connectivity index (χ3v) is 4.26. The van der Waals surface area contributed by atoms with E-state index < -0.39 is 17.6 Å². The van der Waals surface area contributed by atoms with E-state index in [1.54, 1.807) is 38.1 Å². The fraction of sp³-hybridized carbons (Fsp3) is 0.250. The molecule has 0 bridgehead atoms. The van der Waals surface area contributed by atoms with Crippen LogP contribution < -0.4 is 14.8 Å². The van der Waals surface area contributed by atoms with Gasteiger partial charge in [-0.15, -0.1) is 5.10 Å². The Balaban J connectivity index is 1.92. The van der Waals surface area contributed by atoms with Gasteiger partial charge in [-0.2, -0.15) is 13.2 Å². The lowest BCUT2D eigenvalue weighted by atomic mass is 10.1. The highest BCUT2D eigenvalue weighted by molar-refractivity contribution is 6.04. The summed E-state index contributed by atoms with van der Waals surface area (Å²) >= 11 is 0. The average molecular weight is 420 g/mol. The van der Waals surface area contributed by atoms with Crippen LogP contribution in [0.5, 0.6) is 11.5 Å². The quantitative estimate of drug-likeness (QED) is 0.645. The molecule has 30 heavy (non-hydrogen) atoms. The first kappa shape index (κ1) is 21.2. The topological polar surface area (TPSA) is 78.3 Å². The van der Waals surface area contributed by atoms with Crippen molar-refractivity contribution in [1.82, 2.24) is 15.0 Å². The molecule has 158 valence electrons. The Bertz CT molecular complexity index is 1060. The van der Waals surface area contributed by atoms with E-state index >= 15 is 0 Å². The molecule has 0 radical (unpaired) electrons. The SMILES string of the molecule is CCOc1ccc(C(F)(F)F)cc1NC(=O)c1nnn(-c2cccc(OC)c2)c1C. The number of benzene rings is 2. The van der Waals surface area contributed by atoms with Gasteiger partial charge in [0.25, 0.3) is 5.91 Å². The van der Waals surface area contributed by atoms with Crippen LogP contribution in [0.2, 0.25) is 0 Å². The van der Waals surface area contributed by atoms with Crippen LogP contribution in [0.1, 0.15) is 28.7 Å². The largest absolute Gasteiger partial charge is 0.497 e. The minimum Gasteiger partial charge on any atom is -0.497 e. The van der Waals surface area contributed by atoms with E-state index in [9.17, 15) is 18.0 Å². The number of nitrogens with one attached hydrogen (secondary N) is 1. The molecule has 0 aliphatic rings. The lowest BCUT2D eigenvalue weighted by molar-refractivity contribution is -0.137. The van der Waals surface area contributed by atoms with E-state index in [2.05, 4.69) is 15.6 Å². The molecule has 1 aromatic heterocycles. The Labute approximate surface area is 170 Å². The van der Waals surface area contributed by atoms with Crippen molar-refractivity contribution < 1.29 is 27.4 Å². The molecule has 1 N–H and O–H groups in total. The van der Waals surface area contributed by atoms with E-state index in [0.717, 1.165) is 12.1 Å². The van der Waals surface area contributed by atoms with Crippen molar-refractivity contribution in [2.24, 2.45) is 0 Å². The Morgan fingerprint density at radius 2 is 1.97 bits per heavy atom. The van der Waals surface area contributed by atoms with Crippen molar-refractivity contribution in [2.75, 3.05) is 19.0 Å². The summed E-state index contributed by atoms with van der Waals surface area (Å²) in [6.07, 6.45) is -4.56. The molecule has 0 saturated carbocycles. The van der Waals surface area contributed by atoms with Crippen LogP contribution >= 0.6 is 0 Å². The third-order valence-electron chi connectivity index (χ3n) is 4.26. The van der Waals surface area contributed by atoms with Crippen molar-refractivity contribution in [1.29, 1.82) is 0 Å². The number of methoxy groups -OCH3 is 1. The second-order valence-corrected chi connectivity index (χ2v) is 6.23. The first-order chi connectivity index (χ1) is 14.2. The maximum Gasteiger partial charge on any atom is 0.416 e. The van der Waals surface area contributed by atoms with E-state index in [-0.39, 0.29) is 23.7 Å². The van der Waals surface area contributed by atoms with Crippen molar-refractivity contribution in [3.05, 3.63) is 59.4 Å². The second-order valence-electron chi connectivity index (χ2n) is 6.23. The highest BCUT2D eigenvalue weighted by atomic mass is 19.4. The molecule has 0 aliphatic carbocycles. The van der Waals surface area contributed by atoms with Gasteiger partial charge in [-0.05, 0) is 44.2 Å². The number of carbonyl (C=O) groups is 1. The number of nitrogens with zero attached hydrogens (tertiary/aromatic N) is 3. The zero-order valence-corrected chi connectivity index (χ0v) is 16.4. The molecule has 0 saturated heterocycles. The molecule has 3 rings (SSSR count). The van der Waals surface area contributed by atoms with Gasteiger partial charge in [0.2, 0.25) is 0 Å². The maximum absolute atomic E-state index is 13.1. The molecule has 0 unspecified atom stereocenters. The minimum atomic E-state index is -4.56. The maximum atomic E-state index is 13.1. The zero-order chi connectivity index (χ0) is 21.9. The lowest BCUT2D eigenvalue weighted by Crippen LogP contribution is -2.16. The number of ether oxygens (including phenoxy) is 2. The molecular weight excluding hydrogens is 401 g/mol. The highest BCUT2D eigenvalue weighted by Crippen LogP contribution is 2.35. The van der Waals surface area contributed by atoms with Crippen LogP contribution in [0.15, 0.2) is 42.5 Å². The summed E-state index contributed by atoms with van der Waals surface area (Å²) in [7, 11) is 1.53. The van der Waals surface area contributed by atoms with Gasteiger partial charge in [0.1, 0.15) is 11.5 Å². The predicted octanol–water partition coefficient (Wildman–Crippen LogP) is 4.25. The Hall–Kier alpha value is -3.56. The molecule has 10 heteroatoms. The summed E-state index contributed by atoms with van der Waals surface area (Å²) in [5.74, 6) is 0.0114. The standard InChI is InChI=1S/C20H19F3N4O3/c1-4-30-17-9-8-13(20(21,22)23)10-16(17)24-19(28)18-12(2)27(26-25-18)14-6-5-7-15(11-14)29-3/h5-11H,4H2,1-3H3,(H,24,28). The first-order valence-electron chi connectivity index (χ1n) is 8.96. The van der Waals surface area contributed by atoms with E-state index in [1.807, 2.05) is 0 Å². The third kappa shape index (κ3) is 4.37. The van der Waals surface area contributed by atoms with Gasteiger partial charge in [-0.1, -0.05) is 11.3 Å². The first-order valence-corrected chi connectivity index (χ1v) is 8.96. The number of anilines is 1. The number of halogens is 3. The summed E-state index contributed by atoms with van der Waals surface area (Å²) in [6.45, 7) is 3.54. The Morgan fingerprint density at radius 1 is 1.20 bits per heavy atom. The molecular formula is C20H19F3N4O3. The molecule has 3 aromatic rings. The van der Waals surface area contributed by atoms with Crippen molar-refractivity contribution >= 4 is 11.6 Å². The van der Waals surface area contributed by atoms with Crippen molar-refractivity contribution in [3.8, 4) is 17.2 Å². The number of amides is 1. The normalized spacial score (nSPS) is 11.3. The van der Waals surface area contributed by atoms with Crippen LogP contribution in [-0.2, 0) is 6.18 Å². The van der Waals surface area contributed by atoms with E-state index in [0.29, 0.717) is 17.1 Å². The van der Waals surface area contributed by atoms with Crippen LogP contribution in [0.4, 0.5) is 18.9 Å². The Morgan fingerprint density at radius 3 is 2.63 bits per heavy atom. The van der Waals surface area contributed by atoms with Crippen LogP contribution in [0.25, 0.3) is 5.69 Å². The molecule has 0 spiro atoms. The number of aromatic nitrogens is 3. The van der Waals surface area contributed by atoms with Crippen molar-refractivity contribution in [3.63, 3.8) is 0 Å². The molecule has 2 aromatic carbocycles. The summed E-state index contributed by atoms with van der Waals surface area (Å²) < 4.78 is 51.2. The van der Waals surface area contributed by atoms with Gasteiger partial charge >= 0.3 is 6.18 Å². The monoisotopic (exact) mass is 420 g/mol. The molecule has 1 amide bonds. The molecule has 0 fully saturated rings. The van der Waals surface area contributed by atoms with Gasteiger partial charge in [0, 0.05) is 6.07 Å². The number of rotatable bonds is 6. The predicted molar refractivity (Wildman–Crippen MR) is 103 cm³/mol. The summed E-state index contributed by atoms with van der Waals surface area (Å²) in [5, 5.41) is 10.3. The molecule has 1 heterocycles. The van der Waals surface area contributed by atoms with Gasteiger partial charge in [0.15, 0.2) is 5.69 Å². The van der Waals surface area contributed by atoms with Crippen LogP contribution in [0.3, 0.4) is 0 Å². The molecule has 7 nitrogen and oxygen atoms in total. The summed E-state index contributed by atoms with van der Waals surface area (Å²) in [5.41, 5.74) is -0.0131. The summed E-state index contributed by atoms with van der Waals surface area (Å²) in [4.78, 5) is 12.7. The van der Waals surface area contributed by atoms with Gasteiger partial charge in [-0.25, -0.2) is 4.68 Å². The zero-order valence-electron chi connectivity index (χ0n) is 16.4. The highest BCUT2D eigenvalue weighted by Gasteiger charge is 2.31. The number of alkyl halides is 3. The smallest absolute Gasteiger partial charge is 0.416 e. The minimum absolute atomic E-state index is 0.0299. The van der Waals surface area contributed by atoms with Gasteiger partial charge < -0.3 is 14.8 Å².